The van der Waals surface area contributed by atoms with E-state index in [0.717, 1.165) is 0 Å². The molecule has 0 saturated heterocycles. The summed E-state index contributed by atoms with van der Waals surface area (Å²) < 4.78 is 5.06. The Kier molecular flexibility index (Phi) is 1.93. The summed E-state index contributed by atoms with van der Waals surface area (Å²) in [4.78, 5) is 10.7. The number of carbonyl (C=O) groups is 1. The van der Waals surface area contributed by atoms with Gasteiger partial charge in [-0.3, -0.25) is 4.79 Å². The molecule has 0 radical (unpaired) electrons. The van der Waals surface area contributed by atoms with Crippen LogP contribution in [0.4, 0.5) is 0 Å². The van der Waals surface area contributed by atoms with Crippen molar-refractivity contribution >= 4 is 5.97 Å². The van der Waals surface area contributed by atoms with E-state index in [1.807, 2.05) is 18.2 Å². The minimum Gasteiger partial charge on any atom is -0.429 e. The lowest BCUT2D eigenvalue weighted by atomic mass is 9.96. The Bertz CT molecular complexity index is 315. The van der Waals surface area contributed by atoms with Crippen LogP contribution < -0.4 is 5.32 Å². The molecule has 3 nitrogen and oxygen atoms in total. The molecule has 1 aliphatic heterocycles. The lowest BCUT2D eigenvalue weighted by Crippen LogP contribution is -2.25. The first-order valence-corrected chi connectivity index (χ1v) is 4.27. The molecule has 2 atom stereocenters. The maximum atomic E-state index is 10.7. The van der Waals surface area contributed by atoms with Gasteiger partial charge in [0.25, 0.3) is 0 Å². The first-order valence-electron chi connectivity index (χ1n) is 4.27. The van der Waals surface area contributed by atoms with Crippen molar-refractivity contribution in [1.29, 1.82) is 0 Å². The SMILES string of the molecule is CC(=O)OC1=CNC2C=CC=CC12. The lowest BCUT2D eigenvalue weighted by molar-refractivity contribution is -0.137. The molecule has 13 heavy (non-hydrogen) atoms. The monoisotopic (exact) mass is 177 g/mol. The van der Waals surface area contributed by atoms with E-state index in [9.17, 15) is 4.79 Å². The highest BCUT2D eigenvalue weighted by Crippen LogP contribution is 2.26. The Morgan fingerprint density at radius 3 is 3.00 bits per heavy atom. The molecule has 1 aliphatic carbocycles. The molecular formula is C10H11NO2. The summed E-state index contributed by atoms with van der Waals surface area (Å²) in [6.07, 6.45) is 9.79. The van der Waals surface area contributed by atoms with Gasteiger partial charge in [0.2, 0.25) is 0 Å². The van der Waals surface area contributed by atoms with Gasteiger partial charge in [0.1, 0.15) is 5.76 Å². The topological polar surface area (TPSA) is 38.3 Å². The van der Waals surface area contributed by atoms with Crippen molar-refractivity contribution in [1.82, 2.24) is 5.32 Å². The normalized spacial score (nSPS) is 29.2. The van der Waals surface area contributed by atoms with E-state index >= 15 is 0 Å². The number of esters is 1. The molecule has 2 unspecified atom stereocenters. The zero-order valence-corrected chi connectivity index (χ0v) is 7.36. The van der Waals surface area contributed by atoms with Gasteiger partial charge in [-0.05, 0) is 0 Å². The summed E-state index contributed by atoms with van der Waals surface area (Å²) in [7, 11) is 0. The van der Waals surface area contributed by atoms with Crippen molar-refractivity contribution in [3.8, 4) is 0 Å². The van der Waals surface area contributed by atoms with E-state index in [1.165, 1.54) is 6.92 Å². The molecule has 0 aromatic carbocycles. The van der Waals surface area contributed by atoms with Crippen molar-refractivity contribution in [2.75, 3.05) is 0 Å². The average molecular weight is 177 g/mol. The fraction of sp³-hybridized carbons (Fsp3) is 0.300. The molecule has 1 N–H and O–H groups in total. The van der Waals surface area contributed by atoms with Crippen LogP contribution in [0.25, 0.3) is 0 Å². The lowest BCUT2D eigenvalue weighted by Gasteiger charge is -2.17. The fourth-order valence-electron chi connectivity index (χ4n) is 1.58. The molecule has 2 rings (SSSR count). The van der Waals surface area contributed by atoms with Gasteiger partial charge in [0.05, 0.1) is 12.0 Å². The second-order valence-electron chi connectivity index (χ2n) is 3.13. The minimum absolute atomic E-state index is 0.175. The van der Waals surface area contributed by atoms with Crippen LogP contribution in [0.3, 0.4) is 0 Å². The summed E-state index contributed by atoms with van der Waals surface area (Å²) in [5, 5.41) is 3.14. The van der Waals surface area contributed by atoms with Crippen LogP contribution in [0.15, 0.2) is 36.3 Å². The molecule has 3 heteroatoms. The number of fused-ring (bicyclic) bond motifs is 1. The Morgan fingerprint density at radius 1 is 1.46 bits per heavy atom. The molecule has 0 spiro atoms. The van der Waals surface area contributed by atoms with Crippen molar-refractivity contribution < 1.29 is 9.53 Å². The standard InChI is InChI=1S/C10H11NO2/c1-7(12)13-10-6-11-9-5-3-2-4-8(9)10/h2-6,8-9,11H,1H3. The van der Waals surface area contributed by atoms with Crippen molar-refractivity contribution in [2.45, 2.75) is 13.0 Å². The number of carbonyl (C=O) groups excluding carboxylic acids is 1. The van der Waals surface area contributed by atoms with E-state index in [2.05, 4.69) is 11.4 Å². The van der Waals surface area contributed by atoms with Gasteiger partial charge < -0.3 is 10.1 Å². The summed E-state index contributed by atoms with van der Waals surface area (Å²) >= 11 is 0. The Hall–Kier alpha value is -1.51. The molecule has 0 saturated carbocycles. The molecule has 0 bridgehead atoms. The van der Waals surface area contributed by atoms with E-state index in [4.69, 9.17) is 4.74 Å². The third-order valence-corrected chi connectivity index (χ3v) is 2.14. The van der Waals surface area contributed by atoms with Crippen molar-refractivity contribution in [2.24, 2.45) is 5.92 Å². The second-order valence-corrected chi connectivity index (χ2v) is 3.13. The number of nitrogens with one attached hydrogen (secondary N) is 1. The summed E-state index contributed by atoms with van der Waals surface area (Å²) in [5.41, 5.74) is 0. The van der Waals surface area contributed by atoms with Gasteiger partial charge in [0.15, 0.2) is 0 Å². The fourth-order valence-corrected chi connectivity index (χ4v) is 1.58. The van der Waals surface area contributed by atoms with Crippen LogP contribution in [-0.4, -0.2) is 12.0 Å². The van der Waals surface area contributed by atoms with Crippen molar-refractivity contribution in [3.05, 3.63) is 36.3 Å². The van der Waals surface area contributed by atoms with Crippen LogP contribution >= 0.6 is 0 Å². The van der Waals surface area contributed by atoms with E-state index in [1.54, 1.807) is 6.20 Å². The number of hydrogen-bond acceptors (Lipinski definition) is 3. The van der Waals surface area contributed by atoms with Crippen LogP contribution in [0.2, 0.25) is 0 Å². The highest BCUT2D eigenvalue weighted by atomic mass is 16.5. The Morgan fingerprint density at radius 2 is 2.23 bits per heavy atom. The quantitative estimate of drug-likeness (QED) is 0.609. The van der Waals surface area contributed by atoms with E-state index in [0.29, 0.717) is 5.76 Å². The largest absolute Gasteiger partial charge is 0.429 e. The molecule has 0 aromatic rings. The second kappa shape index (κ2) is 3.09. The molecular weight excluding hydrogens is 166 g/mol. The van der Waals surface area contributed by atoms with E-state index in [-0.39, 0.29) is 17.9 Å². The Labute approximate surface area is 76.8 Å². The van der Waals surface area contributed by atoms with Crippen LogP contribution in [0.5, 0.6) is 0 Å². The molecule has 0 amide bonds. The Balaban J connectivity index is 2.11. The highest BCUT2D eigenvalue weighted by molar-refractivity contribution is 5.67. The van der Waals surface area contributed by atoms with Gasteiger partial charge in [0, 0.05) is 13.1 Å². The van der Waals surface area contributed by atoms with Crippen LogP contribution in [0.1, 0.15) is 6.92 Å². The molecule has 2 aliphatic rings. The third kappa shape index (κ3) is 1.49. The summed E-state index contributed by atoms with van der Waals surface area (Å²) in [6, 6.07) is 0.249. The van der Waals surface area contributed by atoms with Gasteiger partial charge >= 0.3 is 5.97 Å². The zero-order valence-electron chi connectivity index (χ0n) is 7.36. The minimum atomic E-state index is -0.267. The molecule has 68 valence electrons. The maximum Gasteiger partial charge on any atom is 0.307 e. The average Bonchev–Trinajstić information content (AvgIpc) is 2.48. The first-order chi connectivity index (χ1) is 6.27. The number of allylic oxidation sites excluding steroid dienone is 2. The maximum absolute atomic E-state index is 10.7. The van der Waals surface area contributed by atoms with Gasteiger partial charge in [-0.15, -0.1) is 0 Å². The third-order valence-electron chi connectivity index (χ3n) is 2.14. The smallest absolute Gasteiger partial charge is 0.307 e. The highest BCUT2D eigenvalue weighted by Gasteiger charge is 2.28. The predicted octanol–water partition coefficient (Wildman–Crippen LogP) is 1.10. The summed E-state index contributed by atoms with van der Waals surface area (Å²) in [5.74, 6) is 0.614. The molecule has 1 heterocycles. The zero-order chi connectivity index (χ0) is 9.26. The van der Waals surface area contributed by atoms with Crippen LogP contribution in [-0.2, 0) is 9.53 Å². The van der Waals surface area contributed by atoms with Gasteiger partial charge in [-0.25, -0.2) is 0 Å². The molecule has 0 aromatic heterocycles. The number of ether oxygens (including phenoxy) is 1. The first kappa shape index (κ1) is 8.10. The van der Waals surface area contributed by atoms with E-state index < -0.39 is 0 Å². The number of hydrogen-bond donors (Lipinski definition) is 1. The van der Waals surface area contributed by atoms with Crippen molar-refractivity contribution in [3.63, 3.8) is 0 Å². The number of rotatable bonds is 1. The van der Waals surface area contributed by atoms with Gasteiger partial charge in [-0.2, -0.15) is 0 Å². The van der Waals surface area contributed by atoms with Gasteiger partial charge in [-0.1, -0.05) is 24.3 Å². The predicted molar refractivity (Wildman–Crippen MR) is 48.5 cm³/mol. The summed E-state index contributed by atoms with van der Waals surface area (Å²) in [6.45, 7) is 1.41. The molecule has 0 fully saturated rings. The van der Waals surface area contributed by atoms with Crippen LogP contribution in [0, 0.1) is 5.92 Å².